The number of ether oxygens (including phenoxy) is 1. The Kier molecular flexibility index (Phi) is 5.39. The number of aryl methyl sites for hydroxylation is 2. The van der Waals surface area contributed by atoms with Crippen molar-refractivity contribution >= 4 is 34.5 Å². The lowest BCUT2D eigenvalue weighted by Crippen LogP contribution is -2.30. The van der Waals surface area contributed by atoms with Crippen LogP contribution in [0.5, 0.6) is 0 Å². The molecular formula is C26H19F2N3O4. The number of rotatable bonds is 5. The van der Waals surface area contributed by atoms with Gasteiger partial charge in [-0.15, -0.1) is 0 Å². The second-order valence-corrected chi connectivity index (χ2v) is 8.24. The molecule has 2 amide bonds. The summed E-state index contributed by atoms with van der Waals surface area (Å²) in [6, 6.07) is 15.9. The number of hydrogen-bond donors (Lipinski definition) is 0. The number of anilines is 1. The number of imide groups is 1. The molecule has 0 unspecified atom stereocenters. The van der Waals surface area contributed by atoms with Gasteiger partial charge in [0.25, 0.3) is 11.8 Å². The van der Waals surface area contributed by atoms with Crippen molar-refractivity contribution in [2.24, 2.45) is 0 Å². The first-order valence-electron chi connectivity index (χ1n) is 10.8. The van der Waals surface area contributed by atoms with Crippen molar-refractivity contribution in [1.29, 1.82) is 0 Å². The standard InChI is InChI=1S/C26H19F2N3O4/c1-14-7-8-15(2)21(11-14)31-23(32)17-10-9-16(12-18(17)24(31)33)25(34)35-13-22-29-19-5-3-4-6-20(19)30(22)26(27)28/h3-12,26H,13H2,1-2H3. The van der Waals surface area contributed by atoms with Crippen LogP contribution in [0.25, 0.3) is 11.0 Å². The summed E-state index contributed by atoms with van der Waals surface area (Å²) in [5.74, 6) is -1.97. The number of fused-ring (bicyclic) bond motifs is 2. The highest BCUT2D eigenvalue weighted by molar-refractivity contribution is 6.35. The molecule has 0 radical (unpaired) electrons. The molecular weight excluding hydrogens is 456 g/mol. The highest BCUT2D eigenvalue weighted by Gasteiger charge is 2.38. The lowest BCUT2D eigenvalue weighted by atomic mass is 10.1. The van der Waals surface area contributed by atoms with E-state index in [2.05, 4.69) is 4.98 Å². The van der Waals surface area contributed by atoms with Gasteiger partial charge in [-0.2, -0.15) is 8.78 Å². The van der Waals surface area contributed by atoms with Crippen LogP contribution in [-0.4, -0.2) is 27.3 Å². The van der Waals surface area contributed by atoms with Crippen LogP contribution in [-0.2, 0) is 11.3 Å². The molecule has 1 aromatic heterocycles. The van der Waals surface area contributed by atoms with Gasteiger partial charge >= 0.3 is 12.5 Å². The molecule has 0 saturated heterocycles. The van der Waals surface area contributed by atoms with Crippen molar-refractivity contribution < 1.29 is 27.9 Å². The molecule has 0 bridgehead atoms. The second kappa shape index (κ2) is 8.43. The molecule has 9 heteroatoms. The number of benzene rings is 3. The zero-order valence-electron chi connectivity index (χ0n) is 18.8. The summed E-state index contributed by atoms with van der Waals surface area (Å²) in [4.78, 5) is 44.0. The Hall–Kier alpha value is -4.40. The summed E-state index contributed by atoms with van der Waals surface area (Å²) in [5, 5.41) is 0. The average molecular weight is 475 g/mol. The molecule has 2 heterocycles. The fourth-order valence-electron chi connectivity index (χ4n) is 4.17. The predicted octanol–water partition coefficient (Wildman–Crippen LogP) is 5.21. The Morgan fingerprint density at radius 1 is 0.971 bits per heavy atom. The van der Waals surface area contributed by atoms with Gasteiger partial charge in [-0.25, -0.2) is 14.7 Å². The number of para-hydroxylation sites is 2. The highest BCUT2D eigenvalue weighted by Crippen LogP contribution is 2.32. The third-order valence-electron chi connectivity index (χ3n) is 5.92. The van der Waals surface area contributed by atoms with Gasteiger partial charge in [0.15, 0.2) is 5.82 Å². The summed E-state index contributed by atoms with van der Waals surface area (Å²) in [5.41, 5.74) is 2.97. The maximum absolute atomic E-state index is 13.6. The molecule has 0 aliphatic carbocycles. The van der Waals surface area contributed by atoms with Crippen molar-refractivity contribution in [3.05, 3.63) is 94.3 Å². The highest BCUT2D eigenvalue weighted by atomic mass is 19.3. The Bertz CT molecular complexity index is 1530. The smallest absolute Gasteiger partial charge is 0.338 e. The molecule has 0 spiro atoms. The fraction of sp³-hybridized carbons (Fsp3) is 0.154. The second-order valence-electron chi connectivity index (χ2n) is 8.24. The summed E-state index contributed by atoms with van der Waals surface area (Å²) >= 11 is 0. The number of hydrogen-bond acceptors (Lipinski definition) is 5. The summed E-state index contributed by atoms with van der Waals surface area (Å²) in [6.45, 7) is 0.303. The molecule has 176 valence electrons. The molecule has 5 rings (SSSR count). The average Bonchev–Trinajstić information content (AvgIpc) is 3.33. The van der Waals surface area contributed by atoms with Crippen molar-refractivity contribution in [3.8, 4) is 0 Å². The number of halogens is 2. The van der Waals surface area contributed by atoms with Crippen molar-refractivity contribution in [2.75, 3.05) is 4.90 Å². The van der Waals surface area contributed by atoms with Gasteiger partial charge in [0.1, 0.15) is 6.61 Å². The van der Waals surface area contributed by atoms with Crippen molar-refractivity contribution in [1.82, 2.24) is 9.55 Å². The number of nitrogens with zero attached hydrogens (tertiary/aromatic N) is 3. The Morgan fingerprint density at radius 2 is 1.71 bits per heavy atom. The minimum atomic E-state index is -2.87. The summed E-state index contributed by atoms with van der Waals surface area (Å²) in [7, 11) is 0. The third-order valence-corrected chi connectivity index (χ3v) is 5.92. The molecule has 0 atom stereocenters. The van der Waals surface area contributed by atoms with Crippen molar-refractivity contribution in [3.63, 3.8) is 0 Å². The van der Waals surface area contributed by atoms with E-state index in [-0.39, 0.29) is 28.0 Å². The molecule has 4 aromatic rings. The monoisotopic (exact) mass is 475 g/mol. The topological polar surface area (TPSA) is 81.5 Å². The first-order valence-corrected chi connectivity index (χ1v) is 10.8. The Balaban J connectivity index is 1.40. The van der Waals surface area contributed by atoms with E-state index in [1.54, 1.807) is 31.2 Å². The molecule has 0 saturated carbocycles. The van der Waals surface area contributed by atoms with E-state index >= 15 is 0 Å². The van der Waals surface area contributed by atoms with Crippen LogP contribution in [0.15, 0.2) is 60.7 Å². The number of imidazole rings is 1. The molecule has 0 N–H and O–H groups in total. The minimum Gasteiger partial charge on any atom is -0.454 e. The van der Waals surface area contributed by atoms with Gasteiger partial charge < -0.3 is 4.74 Å². The van der Waals surface area contributed by atoms with Gasteiger partial charge in [0.05, 0.1) is 33.4 Å². The summed E-state index contributed by atoms with van der Waals surface area (Å²) < 4.78 is 33.2. The van der Waals surface area contributed by atoms with Crippen LogP contribution in [0.3, 0.4) is 0 Å². The number of carbonyl (C=O) groups is 3. The van der Waals surface area contributed by atoms with Crippen LogP contribution < -0.4 is 4.90 Å². The number of amides is 2. The fourth-order valence-corrected chi connectivity index (χ4v) is 4.17. The molecule has 35 heavy (non-hydrogen) atoms. The van der Waals surface area contributed by atoms with Crippen LogP contribution >= 0.6 is 0 Å². The first kappa shape index (κ1) is 22.4. The number of esters is 1. The third kappa shape index (κ3) is 3.74. The molecule has 1 aliphatic heterocycles. The van der Waals surface area contributed by atoms with Gasteiger partial charge in [-0.1, -0.05) is 24.3 Å². The lowest BCUT2D eigenvalue weighted by Gasteiger charge is -2.17. The Labute approximate surface area is 198 Å². The summed E-state index contributed by atoms with van der Waals surface area (Å²) in [6.07, 6.45) is 0. The SMILES string of the molecule is Cc1ccc(C)c(N2C(=O)c3ccc(C(=O)OCc4nc5ccccc5n4C(F)F)cc3C2=O)c1. The lowest BCUT2D eigenvalue weighted by molar-refractivity contribution is 0.0387. The van der Waals surface area contributed by atoms with Gasteiger partial charge in [-0.3, -0.25) is 14.2 Å². The van der Waals surface area contributed by atoms with Crippen LogP contribution in [0, 0.1) is 13.8 Å². The van der Waals surface area contributed by atoms with E-state index in [0.29, 0.717) is 15.8 Å². The van der Waals surface area contributed by atoms with Gasteiger partial charge in [0, 0.05) is 0 Å². The normalized spacial score (nSPS) is 13.1. The van der Waals surface area contributed by atoms with Crippen LogP contribution in [0.1, 0.15) is 54.6 Å². The maximum atomic E-state index is 13.6. The van der Waals surface area contributed by atoms with E-state index in [1.807, 2.05) is 19.1 Å². The van der Waals surface area contributed by atoms with E-state index in [1.165, 1.54) is 24.3 Å². The van der Waals surface area contributed by atoms with Crippen LogP contribution in [0.4, 0.5) is 14.5 Å². The number of alkyl halides is 2. The van der Waals surface area contributed by atoms with Crippen molar-refractivity contribution in [2.45, 2.75) is 27.0 Å². The molecule has 3 aromatic carbocycles. The molecule has 7 nitrogen and oxygen atoms in total. The van der Waals surface area contributed by atoms with E-state index in [9.17, 15) is 23.2 Å². The maximum Gasteiger partial charge on any atom is 0.338 e. The van der Waals surface area contributed by atoms with Crippen LogP contribution in [0.2, 0.25) is 0 Å². The Morgan fingerprint density at radius 3 is 2.49 bits per heavy atom. The van der Waals surface area contributed by atoms with E-state index in [4.69, 9.17) is 4.74 Å². The number of aromatic nitrogens is 2. The zero-order valence-corrected chi connectivity index (χ0v) is 18.8. The predicted molar refractivity (Wildman–Crippen MR) is 124 cm³/mol. The quantitative estimate of drug-likeness (QED) is 0.293. The largest absolute Gasteiger partial charge is 0.454 e. The molecule has 0 fully saturated rings. The van der Waals surface area contributed by atoms with Gasteiger partial charge in [0.2, 0.25) is 0 Å². The zero-order chi connectivity index (χ0) is 24.9. The number of carbonyl (C=O) groups excluding carboxylic acids is 3. The van der Waals surface area contributed by atoms with E-state index < -0.39 is 30.9 Å². The van der Waals surface area contributed by atoms with Gasteiger partial charge in [-0.05, 0) is 61.4 Å². The first-order chi connectivity index (χ1) is 16.8. The minimum absolute atomic E-state index is 0.0208. The van der Waals surface area contributed by atoms with E-state index in [0.717, 1.165) is 16.0 Å². The molecule has 1 aliphatic rings.